The number of carbonyl (C=O) groups is 2. The van der Waals surface area contributed by atoms with Crippen LogP contribution in [0, 0.1) is 6.92 Å². The van der Waals surface area contributed by atoms with Crippen molar-refractivity contribution in [3.8, 4) is 0 Å². The van der Waals surface area contributed by atoms with E-state index in [1.54, 1.807) is 13.0 Å². The van der Waals surface area contributed by atoms with E-state index in [2.05, 4.69) is 10.3 Å². The van der Waals surface area contributed by atoms with E-state index in [9.17, 15) is 9.59 Å². The van der Waals surface area contributed by atoms with Gasteiger partial charge in [-0.05, 0) is 30.2 Å². The molecule has 0 aliphatic heterocycles. The summed E-state index contributed by atoms with van der Waals surface area (Å²) in [5.74, 6) is -1.27. The molecule has 0 saturated heterocycles. The minimum absolute atomic E-state index is 0.205. The smallest absolute Gasteiger partial charge is 0.352 e. The lowest BCUT2D eigenvalue weighted by Crippen LogP contribution is -2.24. The average molecular weight is 235 g/mol. The maximum atomic E-state index is 10.9. The van der Waals surface area contributed by atoms with Gasteiger partial charge in [0.2, 0.25) is 5.91 Å². The third-order valence-corrected chi connectivity index (χ3v) is 1.99. The lowest BCUT2D eigenvalue weighted by molar-refractivity contribution is -0.134. The Morgan fingerprint density at radius 2 is 2.18 bits per heavy atom. The summed E-state index contributed by atoms with van der Waals surface area (Å²) in [4.78, 5) is 25.6. The van der Waals surface area contributed by atoms with Gasteiger partial charge >= 0.3 is 5.97 Å². The monoisotopic (exact) mass is 235 g/mol. The van der Waals surface area contributed by atoms with Crippen LogP contribution in [-0.4, -0.2) is 22.0 Å². The van der Waals surface area contributed by atoms with Crippen molar-refractivity contribution in [2.24, 2.45) is 0 Å². The molecule has 4 N–H and O–H groups in total. The lowest BCUT2D eigenvalue weighted by Gasteiger charge is -2.04. The second kappa shape index (κ2) is 5.11. The van der Waals surface area contributed by atoms with Crippen LogP contribution in [0.5, 0.6) is 0 Å². The number of nitrogens with zero attached hydrogens (tertiary/aromatic N) is 1. The molecule has 1 rings (SSSR count). The van der Waals surface area contributed by atoms with Gasteiger partial charge in [0.1, 0.15) is 11.5 Å². The Morgan fingerprint density at radius 1 is 1.53 bits per heavy atom. The zero-order valence-electron chi connectivity index (χ0n) is 9.52. The highest BCUT2D eigenvalue weighted by atomic mass is 16.4. The summed E-state index contributed by atoms with van der Waals surface area (Å²) in [6, 6.07) is 1.69. The maximum Gasteiger partial charge on any atom is 0.352 e. The first-order valence-corrected chi connectivity index (χ1v) is 4.85. The summed E-state index contributed by atoms with van der Waals surface area (Å²) >= 11 is 0. The van der Waals surface area contributed by atoms with Crippen LogP contribution < -0.4 is 11.1 Å². The summed E-state index contributed by atoms with van der Waals surface area (Å²) in [6.07, 6.45) is 2.76. The van der Waals surface area contributed by atoms with E-state index in [0.717, 1.165) is 5.56 Å². The number of pyridine rings is 1. The van der Waals surface area contributed by atoms with Gasteiger partial charge < -0.3 is 16.2 Å². The standard InChI is InChI=1S/C11H13N3O3/c1-6-3-8(5-13-10(6)12)4-9(11(16)17)14-7(2)15/h3-5H,1-2H3,(H2,12,13)(H,14,15)(H,16,17). The highest BCUT2D eigenvalue weighted by Crippen LogP contribution is 2.11. The number of carbonyl (C=O) groups excluding carboxylic acids is 1. The first-order valence-electron chi connectivity index (χ1n) is 4.85. The van der Waals surface area contributed by atoms with Crippen LogP contribution in [0.3, 0.4) is 0 Å². The Hall–Kier alpha value is -2.37. The molecule has 0 atom stereocenters. The normalized spacial score (nSPS) is 11.1. The minimum atomic E-state index is -1.21. The van der Waals surface area contributed by atoms with Gasteiger partial charge in [-0.15, -0.1) is 0 Å². The number of carboxylic acid groups (broad SMARTS) is 1. The van der Waals surface area contributed by atoms with Gasteiger partial charge in [-0.2, -0.15) is 0 Å². The van der Waals surface area contributed by atoms with Crippen LogP contribution in [0.4, 0.5) is 5.82 Å². The predicted octanol–water partition coefficient (Wildman–Crippen LogP) is 0.534. The van der Waals surface area contributed by atoms with Crippen molar-refractivity contribution < 1.29 is 14.7 Å². The number of hydrogen-bond donors (Lipinski definition) is 3. The van der Waals surface area contributed by atoms with Crippen molar-refractivity contribution in [3.63, 3.8) is 0 Å². The fourth-order valence-electron chi connectivity index (χ4n) is 1.19. The topological polar surface area (TPSA) is 105 Å². The largest absolute Gasteiger partial charge is 0.477 e. The molecule has 1 heterocycles. The van der Waals surface area contributed by atoms with Crippen molar-refractivity contribution in [2.75, 3.05) is 5.73 Å². The number of carboxylic acids is 1. The van der Waals surface area contributed by atoms with Crippen LogP contribution in [0.15, 0.2) is 18.0 Å². The fraction of sp³-hybridized carbons (Fsp3) is 0.182. The summed E-state index contributed by atoms with van der Waals surface area (Å²) in [5.41, 5.74) is 6.64. The van der Waals surface area contributed by atoms with E-state index in [1.807, 2.05) is 0 Å². The molecule has 1 amide bonds. The van der Waals surface area contributed by atoms with Crippen molar-refractivity contribution in [2.45, 2.75) is 13.8 Å². The second-order valence-corrected chi connectivity index (χ2v) is 3.52. The molecular formula is C11H13N3O3. The molecule has 0 fully saturated rings. The molecule has 6 heteroatoms. The first-order chi connectivity index (χ1) is 7.90. The first kappa shape index (κ1) is 12.7. The van der Waals surface area contributed by atoms with Gasteiger partial charge in [-0.25, -0.2) is 9.78 Å². The SMILES string of the molecule is CC(=O)NC(=Cc1cnc(N)c(C)c1)C(=O)O. The molecular weight excluding hydrogens is 222 g/mol. The quantitative estimate of drug-likeness (QED) is 0.663. The zero-order chi connectivity index (χ0) is 13.0. The number of anilines is 1. The number of nitrogen functional groups attached to an aromatic ring is 1. The summed E-state index contributed by atoms with van der Waals surface area (Å²) in [6.45, 7) is 3.00. The molecule has 0 aromatic carbocycles. The average Bonchev–Trinajstić information content (AvgIpc) is 2.21. The Labute approximate surface area is 98.2 Å². The van der Waals surface area contributed by atoms with Crippen molar-refractivity contribution in [3.05, 3.63) is 29.1 Å². The summed E-state index contributed by atoms with van der Waals surface area (Å²) in [5, 5.41) is 11.1. The van der Waals surface area contributed by atoms with Crippen LogP contribution in [0.1, 0.15) is 18.1 Å². The third-order valence-electron chi connectivity index (χ3n) is 1.99. The number of aromatic nitrogens is 1. The fourth-order valence-corrected chi connectivity index (χ4v) is 1.19. The number of hydrogen-bond acceptors (Lipinski definition) is 4. The van der Waals surface area contributed by atoms with Crippen molar-refractivity contribution in [1.29, 1.82) is 0 Å². The number of amides is 1. The van der Waals surface area contributed by atoms with Gasteiger partial charge in [-0.3, -0.25) is 4.79 Å². The minimum Gasteiger partial charge on any atom is -0.477 e. The van der Waals surface area contributed by atoms with E-state index in [0.29, 0.717) is 11.4 Å². The lowest BCUT2D eigenvalue weighted by atomic mass is 10.2. The number of nitrogens with two attached hydrogens (primary N) is 1. The van der Waals surface area contributed by atoms with E-state index in [1.165, 1.54) is 19.2 Å². The van der Waals surface area contributed by atoms with Gasteiger partial charge in [0, 0.05) is 13.1 Å². The molecule has 90 valence electrons. The zero-order valence-corrected chi connectivity index (χ0v) is 9.52. The molecule has 0 radical (unpaired) electrons. The highest BCUT2D eigenvalue weighted by Gasteiger charge is 2.09. The number of rotatable bonds is 3. The number of nitrogens with one attached hydrogen (secondary N) is 1. The van der Waals surface area contributed by atoms with Gasteiger partial charge in [-0.1, -0.05) is 0 Å². The van der Waals surface area contributed by atoms with Gasteiger partial charge in [0.25, 0.3) is 0 Å². The molecule has 0 bridgehead atoms. The molecule has 0 unspecified atom stereocenters. The van der Waals surface area contributed by atoms with Crippen LogP contribution >= 0.6 is 0 Å². The summed E-state index contributed by atoms with van der Waals surface area (Å²) < 4.78 is 0. The van der Waals surface area contributed by atoms with E-state index in [4.69, 9.17) is 10.8 Å². The Morgan fingerprint density at radius 3 is 2.65 bits per heavy atom. The van der Waals surface area contributed by atoms with Gasteiger partial charge in [0.05, 0.1) is 0 Å². The van der Waals surface area contributed by atoms with Crippen molar-refractivity contribution in [1.82, 2.24) is 10.3 Å². The Kier molecular flexibility index (Phi) is 3.82. The molecule has 17 heavy (non-hydrogen) atoms. The molecule has 1 aromatic rings. The molecule has 0 aliphatic carbocycles. The number of aryl methyl sites for hydroxylation is 1. The Balaban J connectivity index is 3.08. The summed E-state index contributed by atoms with van der Waals surface area (Å²) in [7, 11) is 0. The Bertz CT molecular complexity index is 495. The molecule has 0 spiro atoms. The van der Waals surface area contributed by atoms with E-state index in [-0.39, 0.29) is 5.70 Å². The highest BCUT2D eigenvalue weighted by molar-refractivity contribution is 5.96. The molecule has 0 aliphatic rings. The van der Waals surface area contributed by atoms with E-state index >= 15 is 0 Å². The van der Waals surface area contributed by atoms with E-state index < -0.39 is 11.9 Å². The second-order valence-electron chi connectivity index (χ2n) is 3.52. The number of aliphatic carboxylic acids is 1. The maximum absolute atomic E-state index is 10.9. The predicted molar refractivity (Wildman–Crippen MR) is 62.8 cm³/mol. The molecule has 6 nitrogen and oxygen atoms in total. The van der Waals surface area contributed by atoms with Crippen LogP contribution in [0.2, 0.25) is 0 Å². The van der Waals surface area contributed by atoms with Crippen molar-refractivity contribution >= 4 is 23.8 Å². The van der Waals surface area contributed by atoms with Gasteiger partial charge in [0.15, 0.2) is 0 Å². The van der Waals surface area contributed by atoms with Crippen LogP contribution in [0.25, 0.3) is 6.08 Å². The molecule has 0 saturated carbocycles. The third kappa shape index (κ3) is 3.60. The molecule has 1 aromatic heterocycles. The van der Waals surface area contributed by atoms with Crippen LogP contribution in [-0.2, 0) is 9.59 Å².